The van der Waals surface area contributed by atoms with Gasteiger partial charge in [0.15, 0.2) is 0 Å². The molecule has 0 spiro atoms. The van der Waals surface area contributed by atoms with Crippen LogP contribution in [0.1, 0.15) is 23.0 Å². The van der Waals surface area contributed by atoms with E-state index in [0.717, 1.165) is 22.4 Å². The molecule has 38 heavy (non-hydrogen) atoms. The molecule has 0 aliphatic carbocycles. The Balaban J connectivity index is 1.43. The Hall–Kier alpha value is -4.63. The topological polar surface area (TPSA) is 106 Å². The Bertz CT molecular complexity index is 1630. The number of nitrogens with one attached hydrogen (secondary N) is 2. The quantitative estimate of drug-likeness (QED) is 0.281. The number of sulfonamides is 1. The minimum atomic E-state index is -4.06. The summed E-state index contributed by atoms with van der Waals surface area (Å²) in [6.45, 7) is 1.68. The highest BCUT2D eigenvalue weighted by molar-refractivity contribution is 7.90. The van der Waals surface area contributed by atoms with Gasteiger partial charge in [0.25, 0.3) is 10.0 Å². The predicted octanol–water partition coefficient (Wildman–Crippen LogP) is 5.41. The smallest absolute Gasteiger partial charge is 0.329 e. The standard InChI is InChI=1S/C29H26N4O4S/c1-21-7-5-6-10-27(21)38(35,36)32-29(34)31-26(19-22-8-3-2-4-9-22)28-30-16-17-33(28)25-13-11-23(12-14-25)24-15-18-37-20-24/h2-18,20,26H,19H2,1H3,(H2,31,32,34). The summed E-state index contributed by atoms with van der Waals surface area (Å²) in [5, 5.41) is 2.83. The zero-order valence-electron chi connectivity index (χ0n) is 20.6. The van der Waals surface area contributed by atoms with Crippen molar-refractivity contribution in [2.45, 2.75) is 24.3 Å². The third kappa shape index (κ3) is 5.52. The zero-order valence-corrected chi connectivity index (χ0v) is 21.4. The third-order valence-electron chi connectivity index (χ3n) is 6.18. The molecule has 5 rings (SSSR count). The molecule has 5 aromatic rings. The van der Waals surface area contributed by atoms with Crippen LogP contribution < -0.4 is 10.0 Å². The molecule has 1 unspecified atom stereocenters. The summed E-state index contributed by atoms with van der Waals surface area (Å²) in [4.78, 5) is 17.6. The van der Waals surface area contributed by atoms with E-state index in [1.54, 1.807) is 43.8 Å². The SMILES string of the molecule is Cc1ccccc1S(=O)(=O)NC(=O)NC(Cc1ccccc1)c1nccn1-c1ccc(-c2ccoc2)cc1. The number of imidazole rings is 1. The molecule has 0 saturated heterocycles. The molecule has 2 amide bonds. The molecule has 0 aliphatic heterocycles. The van der Waals surface area contributed by atoms with Gasteiger partial charge in [-0.1, -0.05) is 60.7 Å². The van der Waals surface area contributed by atoms with Crippen LogP contribution >= 0.6 is 0 Å². The highest BCUT2D eigenvalue weighted by Gasteiger charge is 2.25. The second-order valence-corrected chi connectivity index (χ2v) is 10.5. The molecule has 0 aliphatic rings. The highest BCUT2D eigenvalue weighted by atomic mass is 32.2. The van der Waals surface area contributed by atoms with Gasteiger partial charge >= 0.3 is 6.03 Å². The van der Waals surface area contributed by atoms with Crippen LogP contribution in [-0.2, 0) is 16.4 Å². The van der Waals surface area contributed by atoms with Crippen LogP contribution in [0.2, 0.25) is 0 Å². The van der Waals surface area contributed by atoms with Gasteiger partial charge in [0.05, 0.1) is 23.5 Å². The molecule has 9 heteroatoms. The van der Waals surface area contributed by atoms with Gasteiger partial charge in [-0.2, -0.15) is 0 Å². The lowest BCUT2D eigenvalue weighted by molar-refractivity contribution is 0.241. The molecule has 0 radical (unpaired) electrons. The molecule has 2 aromatic heterocycles. The first-order valence-corrected chi connectivity index (χ1v) is 13.5. The van der Waals surface area contributed by atoms with Gasteiger partial charge in [-0.25, -0.2) is 22.9 Å². The van der Waals surface area contributed by atoms with Gasteiger partial charge in [-0.05, 0) is 54.3 Å². The van der Waals surface area contributed by atoms with Gasteiger partial charge in [-0.3, -0.25) is 0 Å². The van der Waals surface area contributed by atoms with Crippen LogP contribution in [0.4, 0.5) is 4.79 Å². The number of hydrogen-bond acceptors (Lipinski definition) is 5. The van der Waals surface area contributed by atoms with E-state index in [4.69, 9.17) is 4.42 Å². The van der Waals surface area contributed by atoms with Crippen molar-refractivity contribution in [1.82, 2.24) is 19.6 Å². The Labute approximate surface area is 221 Å². The molecule has 0 bridgehead atoms. The Morgan fingerprint density at radius 1 is 0.947 bits per heavy atom. The summed E-state index contributed by atoms with van der Waals surface area (Å²) < 4.78 is 35.0. The fourth-order valence-electron chi connectivity index (χ4n) is 4.31. The van der Waals surface area contributed by atoms with E-state index in [1.807, 2.05) is 71.4 Å². The predicted molar refractivity (Wildman–Crippen MR) is 144 cm³/mol. The monoisotopic (exact) mass is 526 g/mol. The van der Waals surface area contributed by atoms with E-state index >= 15 is 0 Å². The van der Waals surface area contributed by atoms with Crippen molar-refractivity contribution in [3.8, 4) is 16.8 Å². The van der Waals surface area contributed by atoms with Gasteiger partial charge in [-0.15, -0.1) is 0 Å². The number of amides is 2. The van der Waals surface area contributed by atoms with Gasteiger partial charge < -0.3 is 14.3 Å². The zero-order chi connectivity index (χ0) is 26.5. The molecular weight excluding hydrogens is 500 g/mol. The Morgan fingerprint density at radius 3 is 2.39 bits per heavy atom. The highest BCUT2D eigenvalue weighted by Crippen LogP contribution is 2.25. The fourth-order valence-corrected chi connectivity index (χ4v) is 5.48. The summed E-state index contributed by atoms with van der Waals surface area (Å²) >= 11 is 0. The van der Waals surface area contributed by atoms with Crippen LogP contribution in [-0.4, -0.2) is 24.0 Å². The summed E-state index contributed by atoms with van der Waals surface area (Å²) in [6, 6.07) is 24.4. The van der Waals surface area contributed by atoms with Crippen LogP contribution in [0, 0.1) is 6.92 Å². The van der Waals surface area contributed by atoms with Crippen molar-refractivity contribution < 1.29 is 17.6 Å². The van der Waals surface area contributed by atoms with Gasteiger partial charge in [0.2, 0.25) is 0 Å². The Kier molecular flexibility index (Phi) is 7.10. The molecule has 8 nitrogen and oxygen atoms in total. The maximum Gasteiger partial charge on any atom is 0.329 e. The molecule has 2 N–H and O–H groups in total. The van der Waals surface area contributed by atoms with Crippen molar-refractivity contribution in [3.05, 3.63) is 127 Å². The first-order chi connectivity index (χ1) is 18.4. The number of rotatable bonds is 8. The van der Waals surface area contributed by atoms with E-state index in [2.05, 4.69) is 15.0 Å². The summed E-state index contributed by atoms with van der Waals surface area (Å²) in [5.74, 6) is 0.563. The second kappa shape index (κ2) is 10.8. The first kappa shape index (κ1) is 25.0. The van der Waals surface area contributed by atoms with E-state index < -0.39 is 22.1 Å². The number of urea groups is 1. The molecule has 1 atom stereocenters. The molecule has 2 heterocycles. The Morgan fingerprint density at radius 2 is 1.68 bits per heavy atom. The van der Waals surface area contributed by atoms with Crippen molar-refractivity contribution in [1.29, 1.82) is 0 Å². The van der Waals surface area contributed by atoms with Crippen LogP contribution in [0.15, 0.2) is 119 Å². The lowest BCUT2D eigenvalue weighted by Crippen LogP contribution is -2.42. The second-order valence-electron chi connectivity index (χ2n) is 8.80. The first-order valence-electron chi connectivity index (χ1n) is 12.0. The third-order valence-corrected chi connectivity index (χ3v) is 7.67. The number of carbonyl (C=O) groups is 1. The number of aryl methyl sites for hydroxylation is 1. The van der Waals surface area contributed by atoms with Crippen LogP contribution in [0.5, 0.6) is 0 Å². The lowest BCUT2D eigenvalue weighted by Gasteiger charge is -2.21. The lowest BCUT2D eigenvalue weighted by atomic mass is 10.0. The number of hydrogen-bond donors (Lipinski definition) is 2. The maximum absolute atomic E-state index is 13.0. The molecule has 192 valence electrons. The number of furan rings is 1. The molecule has 0 saturated carbocycles. The number of aromatic nitrogens is 2. The van der Waals surface area contributed by atoms with Crippen LogP contribution in [0.3, 0.4) is 0 Å². The molecule has 0 fully saturated rings. The number of carbonyl (C=O) groups excluding carboxylic acids is 1. The van der Waals surface area contributed by atoms with Gasteiger partial charge in [0.1, 0.15) is 5.82 Å². The summed E-state index contributed by atoms with van der Waals surface area (Å²) in [7, 11) is -4.06. The van der Waals surface area contributed by atoms with E-state index in [0.29, 0.717) is 17.8 Å². The minimum absolute atomic E-state index is 0.0500. The normalized spacial score (nSPS) is 12.1. The van der Waals surface area contributed by atoms with Crippen molar-refractivity contribution in [3.63, 3.8) is 0 Å². The molecule has 3 aromatic carbocycles. The average molecular weight is 527 g/mol. The minimum Gasteiger partial charge on any atom is -0.472 e. The van der Waals surface area contributed by atoms with Crippen molar-refractivity contribution in [2.24, 2.45) is 0 Å². The van der Waals surface area contributed by atoms with E-state index in [1.165, 1.54) is 6.07 Å². The van der Waals surface area contributed by atoms with E-state index in [9.17, 15) is 13.2 Å². The summed E-state index contributed by atoms with van der Waals surface area (Å²) in [6.07, 6.45) is 7.18. The number of nitrogens with zero attached hydrogens (tertiary/aromatic N) is 2. The molecular formula is C29H26N4O4S. The summed E-state index contributed by atoms with van der Waals surface area (Å²) in [5.41, 5.74) is 4.33. The van der Waals surface area contributed by atoms with Crippen LogP contribution in [0.25, 0.3) is 16.8 Å². The van der Waals surface area contributed by atoms with E-state index in [-0.39, 0.29) is 4.90 Å². The maximum atomic E-state index is 13.0. The fraction of sp³-hybridized carbons (Fsp3) is 0.103. The largest absolute Gasteiger partial charge is 0.472 e. The average Bonchev–Trinajstić information content (AvgIpc) is 3.62. The number of benzene rings is 3. The van der Waals surface area contributed by atoms with Crippen molar-refractivity contribution >= 4 is 16.1 Å². The van der Waals surface area contributed by atoms with Crippen molar-refractivity contribution in [2.75, 3.05) is 0 Å². The van der Waals surface area contributed by atoms with Gasteiger partial charge in [0, 0.05) is 23.6 Å².